The van der Waals surface area contributed by atoms with E-state index in [2.05, 4.69) is 5.32 Å². The van der Waals surface area contributed by atoms with Gasteiger partial charge in [0.05, 0.1) is 37.5 Å². The van der Waals surface area contributed by atoms with Gasteiger partial charge in [-0.1, -0.05) is 6.07 Å². The highest BCUT2D eigenvalue weighted by Crippen LogP contribution is 2.31. The number of hydrogen-bond acceptors (Lipinski definition) is 7. The molecule has 35 heavy (non-hydrogen) atoms. The van der Waals surface area contributed by atoms with E-state index < -0.39 is 21.9 Å². The van der Waals surface area contributed by atoms with Crippen molar-refractivity contribution < 1.29 is 32.2 Å². The van der Waals surface area contributed by atoms with Gasteiger partial charge >= 0.3 is 5.97 Å². The Balaban J connectivity index is 1.81. The number of esters is 1. The van der Waals surface area contributed by atoms with E-state index in [4.69, 9.17) is 14.2 Å². The molecule has 3 rings (SSSR count). The molecule has 184 valence electrons. The number of anilines is 2. The fourth-order valence-corrected chi connectivity index (χ4v) is 4.50. The van der Waals surface area contributed by atoms with Crippen LogP contribution in [0.5, 0.6) is 11.5 Å². The van der Waals surface area contributed by atoms with Gasteiger partial charge in [0.2, 0.25) is 0 Å². The van der Waals surface area contributed by atoms with Crippen molar-refractivity contribution in [3.8, 4) is 11.5 Å². The van der Waals surface area contributed by atoms with E-state index in [9.17, 15) is 18.0 Å². The average molecular weight is 499 g/mol. The second-order valence-electron chi connectivity index (χ2n) is 7.51. The summed E-state index contributed by atoms with van der Waals surface area (Å²) in [6.45, 7) is 1.80. The molecule has 0 saturated carbocycles. The third-order valence-electron chi connectivity index (χ3n) is 5.41. The quantitative estimate of drug-likeness (QED) is 0.469. The van der Waals surface area contributed by atoms with Crippen molar-refractivity contribution in [3.63, 3.8) is 0 Å². The Morgan fingerprint density at radius 3 is 2.06 bits per heavy atom. The molecule has 0 fully saturated rings. The minimum atomic E-state index is -3.90. The second-order valence-corrected chi connectivity index (χ2v) is 9.48. The smallest absolute Gasteiger partial charge is 0.337 e. The molecule has 0 saturated heterocycles. The van der Waals surface area contributed by atoms with Gasteiger partial charge in [0, 0.05) is 24.4 Å². The maximum atomic E-state index is 13.1. The number of benzene rings is 3. The summed E-state index contributed by atoms with van der Waals surface area (Å²) >= 11 is 0. The number of methoxy groups -OCH3 is 3. The standard InChI is InChI=1S/C25H26N2O7S/c1-16-6-7-18(25(29)34-5)14-21(16)26-24(28)17-8-10-19(11-9-17)27(2)35(30,31)20-12-13-22(32-3)23(15-20)33-4/h6-15H,1-5H3,(H,26,28). The van der Waals surface area contributed by atoms with Crippen LogP contribution in [-0.2, 0) is 14.8 Å². The van der Waals surface area contributed by atoms with Crippen molar-refractivity contribution in [3.05, 3.63) is 77.4 Å². The van der Waals surface area contributed by atoms with Crippen LogP contribution in [-0.4, -0.2) is 48.7 Å². The third-order valence-corrected chi connectivity index (χ3v) is 7.19. The number of ether oxygens (including phenoxy) is 3. The van der Waals surface area contributed by atoms with Crippen LogP contribution in [0.1, 0.15) is 26.3 Å². The van der Waals surface area contributed by atoms with Crippen molar-refractivity contribution in [2.24, 2.45) is 0 Å². The Morgan fingerprint density at radius 2 is 1.46 bits per heavy atom. The molecule has 0 aliphatic heterocycles. The van der Waals surface area contributed by atoms with Gasteiger partial charge in [0.1, 0.15) is 0 Å². The Kier molecular flexibility index (Phi) is 7.65. The maximum absolute atomic E-state index is 13.1. The first-order valence-electron chi connectivity index (χ1n) is 10.4. The lowest BCUT2D eigenvalue weighted by atomic mass is 10.1. The molecule has 3 aromatic carbocycles. The van der Waals surface area contributed by atoms with Crippen molar-refractivity contribution >= 4 is 33.3 Å². The van der Waals surface area contributed by atoms with Crippen molar-refractivity contribution in [2.75, 3.05) is 38.0 Å². The second kappa shape index (κ2) is 10.5. The summed E-state index contributed by atoms with van der Waals surface area (Å²) < 4.78 is 42.4. The number of carbonyl (C=O) groups is 2. The zero-order valence-electron chi connectivity index (χ0n) is 20.0. The Labute approximate surface area is 204 Å². The number of sulfonamides is 1. The van der Waals surface area contributed by atoms with Crippen molar-refractivity contribution in [2.45, 2.75) is 11.8 Å². The number of amides is 1. The largest absolute Gasteiger partial charge is 0.493 e. The van der Waals surface area contributed by atoms with Crippen LogP contribution in [0.25, 0.3) is 0 Å². The van der Waals surface area contributed by atoms with Crippen LogP contribution in [0.4, 0.5) is 11.4 Å². The molecular formula is C25H26N2O7S. The van der Waals surface area contributed by atoms with Crippen LogP contribution in [0.15, 0.2) is 65.6 Å². The van der Waals surface area contributed by atoms with E-state index in [1.54, 1.807) is 19.1 Å². The summed E-state index contributed by atoms with van der Waals surface area (Å²) in [5.74, 6) is -0.215. The van der Waals surface area contributed by atoms with Crippen molar-refractivity contribution in [1.29, 1.82) is 0 Å². The topological polar surface area (TPSA) is 111 Å². The van der Waals surface area contributed by atoms with Crippen LogP contribution < -0.4 is 19.1 Å². The molecule has 0 aliphatic carbocycles. The fourth-order valence-electron chi connectivity index (χ4n) is 3.29. The van der Waals surface area contributed by atoms with E-state index in [1.165, 1.54) is 76.9 Å². The van der Waals surface area contributed by atoms with Gasteiger partial charge in [0.15, 0.2) is 11.5 Å². The molecule has 0 radical (unpaired) electrons. The van der Waals surface area contributed by atoms with Gasteiger partial charge in [-0.3, -0.25) is 9.10 Å². The molecule has 0 aliphatic rings. The molecule has 0 heterocycles. The summed E-state index contributed by atoms with van der Waals surface area (Å²) in [6, 6.07) is 15.3. The van der Waals surface area contributed by atoms with Crippen molar-refractivity contribution in [1.82, 2.24) is 0 Å². The molecule has 0 unspecified atom stereocenters. The first kappa shape index (κ1) is 25.6. The lowest BCUT2D eigenvalue weighted by Gasteiger charge is -2.20. The number of carbonyl (C=O) groups excluding carboxylic acids is 2. The van der Waals surface area contributed by atoms with E-state index in [-0.39, 0.29) is 4.90 Å². The van der Waals surface area contributed by atoms with Crippen LogP contribution in [0.3, 0.4) is 0 Å². The van der Waals surface area contributed by atoms with Gasteiger partial charge in [-0.25, -0.2) is 13.2 Å². The Morgan fingerprint density at radius 1 is 0.829 bits per heavy atom. The molecule has 0 atom stereocenters. The Hall–Kier alpha value is -4.05. The number of rotatable bonds is 8. The minimum Gasteiger partial charge on any atom is -0.493 e. The lowest BCUT2D eigenvalue weighted by molar-refractivity contribution is 0.0600. The predicted octanol–water partition coefficient (Wildman–Crippen LogP) is 3.88. The lowest BCUT2D eigenvalue weighted by Crippen LogP contribution is -2.26. The van der Waals surface area contributed by atoms with Gasteiger partial charge in [0.25, 0.3) is 15.9 Å². The van der Waals surface area contributed by atoms with Gasteiger partial charge in [-0.15, -0.1) is 0 Å². The maximum Gasteiger partial charge on any atom is 0.337 e. The summed E-state index contributed by atoms with van der Waals surface area (Å²) in [7, 11) is 1.69. The molecule has 10 heteroatoms. The van der Waals surface area contributed by atoms with E-state index in [0.29, 0.717) is 34.0 Å². The van der Waals surface area contributed by atoms with Crippen LogP contribution in [0, 0.1) is 6.92 Å². The highest BCUT2D eigenvalue weighted by atomic mass is 32.2. The van der Waals surface area contributed by atoms with Crippen LogP contribution >= 0.6 is 0 Å². The molecule has 3 aromatic rings. The molecule has 1 N–H and O–H groups in total. The summed E-state index contributed by atoms with van der Waals surface area (Å²) in [5.41, 5.74) is 2.22. The average Bonchev–Trinajstić information content (AvgIpc) is 2.88. The zero-order chi connectivity index (χ0) is 25.8. The van der Waals surface area contributed by atoms with Crippen LogP contribution in [0.2, 0.25) is 0 Å². The van der Waals surface area contributed by atoms with Gasteiger partial charge in [-0.2, -0.15) is 0 Å². The number of aryl methyl sites for hydroxylation is 1. The molecule has 0 bridgehead atoms. The third kappa shape index (κ3) is 5.38. The summed E-state index contributed by atoms with van der Waals surface area (Å²) in [5, 5.41) is 2.77. The number of nitrogens with zero attached hydrogens (tertiary/aromatic N) is 1. The van der Waals surface area contributed by atoms with Gasteiger partial charge in [-0.05, 0) is 61.0 Å². The van der Waals surface area contributed by atoms with Gasteiger partial charge < -0.3 is 19.5 Å². The molecule has 1 amide bonds. The molecule has 0 aromatic heterocycles. The first-order chi connectivity index (χ1) is 16.6. The molecule has 9 nitrogen and oxygen atoms in total. The predicted molar refractivity (Wildman–Crippen MR) is 132 cm³/mol. The Bertz CT molecular complexity index is 1350. The highest BCUT2D eigenvalue weighted by molar-refractivity contribution is 7.92. The normalized spacial score (nSPS) is 10.9. The van der Waals surface area contributed by atoms with E-state index in [0.717, 1.165) is 9.87 Å². The summed E-state index contributed by atoms with van der Waals surface area (Å²) in [6.07, 6.45) is 0. The van der Waals surface area contributed by atoms with E-state index >= 15 is 0 Å². The zero-order valence-corrected chi connectivity index (χ0v) is 20.8. The number of nitrogens with one attached hydrogen (secondary N) is 1. The monoisotopic (exact) mass is 498 g/mol. The fraction of sp³-hybridized carbons (Fsp3) is 0.200. The summed E-state index contributed by atoms with van der Waals surface area (Å²) in [4.78, 5) is 24.6. The SMILES string of the molecule is COC(=O)c1ccc(C)c(NC(=O)c2ccc(N(C)S(=O)(=O)c3ccc(OC)c(OC)c3)cc2)c1. The highest BCUT2D eigenvalue weighted by Gasteiger charge is 2.23. The van der Waals surface area contributed by atoms with E-state index in [1.807, 2.05) is 0 Å². The first-order valence-corrected chi connectivity index (χ1v) is 11.9. The minimum absolute atomic E-state index is 0.0282. The molecule has 0 spiro atoms. The molecular weight excluding hydrogens is 472 g/mol. The number of hydrogen-bond donors (Lipinski definition) is 1.